The monoisotopic (exact) mass is 229 g/mol. The predicted molar refractivity (Wildman–Crippen MR) is 63.0 cm³/mol. The fourth-order valence-electron chi connectivity index (χ4n) is 2.06. The molecular formula is C11H16ClNS. The first-order valence-electron chi connectivity index (χ1n) is 5.29. The summed E-state index contributed by atoms with van der Waals surface area (Å²) in [5.41, 5.74) is 0. The molecule has 0 unspecified atom stereocenters. The Morgan fingerprint density at radius 2 is 2.14 bits per heavy atom. The van der Waals surface area contributed by atoms with E-state index < -0.39 is 0 Å². The molecule has 0 aromatic carbocycles. The van der Waals surface area contributed by atoms with Crippen LogP contribution in [0.4, 0.5) is 0 Å². The second-order valence-corrected chi connectivity index (χ2v) is 5.79. The lowest BCUT2D eigenvalue weighted by Gasteiger charge is -2.09. The van der Waals surface area contributed by atoms with Gasteiger partial charge in [0.1, 0.15) is 0 Å². The summed E-state index contributed by atoms with van der Waals surface area (Å²) < 4.78 is 0.891. The van der Waals surface area contributed by atoms with E-state index >= 15 is 0 Å². The van der Waals surface area contributed by atoms with Gasteiger partial charge in [0, 0.05) is 11.4 Å². The van der Waals surface area contributed by atoms with Gasteiger partial charge in [-0.05, 0) is 37.4 Å². The topological polar surface area (TPSA) is 12.0 Å². The molecule has 0 atom stereocenters. The predicted octanol–water partition coefficient (Wildman–Crippen LogP) is 3.68. The Morgan fingerprint density at radius 1 is 1.36 bits per heavy atom. The fraction of sp³-hybridized carbons (Fsp3) is 0.636. The van der Waals surface area contributed by atoms with E-state index in [2.05, 4.69) is 11.4 Å². The van der Waals surface area contributed by atoms with E-state index in [-0.39, 0.29) is 0 Å². The van der Waals surface area contributed by atoms with Gasteiger partial charge in [-0.3, -0.25) is 0 Å². The van der Waals surface area contributed by atoms with Gasteiger partial charge in [-0.2, -0.15) is 0 Å². The lowest BCUT2D eigenvalue weighted by molar-refractivity contribution is 0.491. The standard InChI is InChI=1S/C11H16ClNS/c12-11-6-5-10(14-11)8-13-7-9-3-1-2-4-9/h5-6,9,13H,1-4,7-8H2. The third-order valence-electron chi connectivity index (χ3n) is 2.84. The van der Waals surface area contributed by atoms with Gasteiger partial charge in [0.15, 0.2) is 0 Å². The molecule has 0 bridgehead atoms. The third kappa shape index (κ3) is 2.97. The number of halogens is 1. The minimum atomic E-state index is 0.891. The van der Waals surface area contributed by atoms with Gasteiger partial charge in [-0.1, -0.05) is 24.4 Å². The van der Waals surface area contributed by atoms with Crippen LogP contribution in [0.5, 0.6) is 0 Å². The molecule has 1 aliphatic carbocycles. The minimum Gasteiger partial charge on any atom is -0.312 e. The molecule has 78 valence electrons. The number of hydrogen-bond donors (Lipinski definition) is 1. The summed E-state index contributed by atoms with van der Waals surface area (Å²) in [7, 11) is 0. The van der Waals surface area contributed by atoms with E-state index in [9.17, 15) is 0 Å². The zero-order valence-electron chi connectivity index (χ0n) is 8.26. The number of hydrogen-bond acceptors (Lipinski definition) is 2. The lowest BCUT2D eigenvalue weighted by Crippen LogP contribution is -2.20. The molecule has 3 heteroatoms. The molecule has 1 nitrogen and oxygen atoms in total. The Balaban J connectivity index is 1.67. The lowest BCUT2D eigenvalue weighted by atomic mass is 10.1. The minimum absolute atomic E-state index is 0.891. The summed E-state index contributed by atoms with van der Waals surface area (Å²) in [6.45, 7) is 2.16. The molecule has 1 aromatic heterocycles. The van der Waals surface area contributed by atoms with Crippen LogP contribution in [0.2, 0.25) is 4.34 Å². The molecule has 0 spiro atoms. The molecule has 1 saturated carbocycles. The van der Waals surface area contributed by atoms with Crippen molar-refractivity contribution < 1.29 is 0 Å². The van der Waals surface area contributed by atoms with Crippen molar-refractivity contribution in [3.63, 3.8) is 0 Å². The molecule has 0 saturated heterocycles. The van der Waals surface area contributed by atoms with Crippen molar-refractivity contribution in [2.45, 2.75) is 32.2 Å². The van der Waals surface area contributed by atoms with Crippen molar-refractivity contribution in [1.29, 1.82) is 0 Å². The van der Waals surface area contributed by atoms with Crippen LogP contribution < -0.4 is 5.32 Å². The molecule has 1 fully saturated rings. The van der Waals surface area contributed by atoms with Crippen LogP contribution in [0.1, 0.15) is 30.6 Å². The van der Waals surface area contributed by atoms with Gasteiger partial charge in [-0.15, -0.1) is 11.3 Å². The van der Waals surface area contributed by atoms with Crippen molar-refractivity contribution >= 4 is 22.9 Å². The van der Waals surface area contributed by atoms with Crippen LogP contribution in [0.15, 0.2) is 12.1 Å². The van der Waals surface area contributed by atoms with Crippen molar-refractivity contribution in [3.8, 4) is 0 Å². The molecule has 1 heterocycles. The highest BCUT2D eigenvalue weighted by atomic mass is 35.5. The van der Waals surface area contributed by atoms with Crippen molar-refractivity contribution in [2.24, 2.45) is 5.92 Å². The van der Waals surface area contributed by atoms with Crippen molar-refractivity contribution in [3.05, 3.63) is 21.3 Å². The summed E-state index contributed by atoms with van der Waals surface area (Å²) >= 11 is 7.53. The van der Waals surface area contributed by atoms with Crippen LogP contribution in [-0.2, 0) is 6.54 Å². The molecule has 0 radical (unpaired) electrons. The third-order valence-corrected chi connectivity index (χ3v) is 4.07. The average Bonchev–Trinajstić information content (AvgIpc) is 2.77. The summed E-state index contributed by atoms with van der Waals surface area (Å²) in [6, 6.07) is 4.08. The first-order chi connectivity index (χ1) is 6.84. The van der Waals surface area contributed by atoms with Gasteiger partial charge in [0.05, 0.1) is 4.34 Å². The molecular weight excluding hydrogens is 214 g/mol. The Kier molecular flexibility index (Phi) is 3.85. The zero-order valence-corrected chi connectivity index (χ0v) is 9.83. The van der Waals surface area contributed by atoms with Crippen LogP contribution in [-0.4, -0.2) is 6.54 Å². The highest BCUT2D eigenvalue weighted by Gasteiger charge is 2.13. The van der Waals surface area contributed by atoms with Crippen molar-refractivity contribution in [2.75, 3.05) is 6.54 Å². The summed E-state index contributed by atoms with van der Waals surface area (Å²) in [5, 5.41) is 3.51. The average molecular weight is 230 g/mol. The van der Waals surface area contributed by atoms with Gasteiger partial charge in [0.2, 0.25) is 0 Å². The molecule has 1 aromatic rings. The van der Waals surface area contributed by atoms with Crippen LogP contribution >= 0.6 is 22.9 Å². The van der Waals surface area contributed by atoms with E-state index in [1.165, 1.54) is 37.1 Å². The Bertz CT molecular complexity index is 279. The quantitative estimate of drug-likeness (QED) is 0.831. The van der Waals surface area contributed by atoms with E-state index in [4.69, 9.17) is 11.6 Å². The maximum atomic E-state index is 5.86. The van der Waals surface area contributed by atoms with Gasteiger partial charge >= 0.3 is 0 Å². The first-order valence-corrected chi connectivity index (χ1v) is 6.49. The second-order valence-electron chi connectivity index (χ2n) is 3.99. The zero-order chi connectivity index (χ0) is 9.80. The highest BCUT2D eigenvalue weighted by molar-refractivity contribution is 7.16. The summed E-state index contributed by atoms with van der Waals surface area (Å²) in [6.07, 6.45) is 5.69. The Labute approximate surface area is 94.5 Å². The van der Waals surface area contributed by atoms with E-state index in [0.29, 0.717) is 0 Å². The molecule has 14 heavy (non-hydrogen) atoms. The maximum absolute atomic E-state index is 5.86. The normalized spacial score (nSPS) is 17.8. The van der Waals surface area contributed by atoms with E-state index in [1.54, 1.807) is 11.3 Å². The summed E-state index contributed by atoms with van der Waals surface area (Å²) in [5.74, 6) is 0.922. The molecule has 1 N–H and O–H groups in total. The van der Waals surface area contributed by atoms with E-state index in [1.807, 2.05) is 6.07 Å². The van der Waals surface area contributed by atoms with Gasteiger partial charge in [0.25, 0.3) is 0 Å². The second kappa shape index (κ2) is 5.15. The molecule has 2 rings (SSSR count). The maximum Gasteiger partial charge on any atom is 0.0931 e. The number of thiophene rings is 1. The Morgan fingerprint density at radius 3 is 2.79 bits per heavy atom. The smallest absolute Gasteiger partial charge is 0.0931 e. The van der Waals surface area contributed by atoms with E-state index in [0.717, 1.165) is 16.8 Å². The van der Waals surface area contributed by atoms with Crippen LogP contribution in [0, 0.1) is 5.92 Å². The molecule has 1 aliphatic rings. The Hall–Kier alpha value is -0.0500. The SMILES string of the molecule is Clc1ccc(CNCC2CCCC2)s1. The largest absolute Gasteiger partial charge is 0.312 e. The number of rotatable bonds is 4. The first kappa shape index (κ1) is 10.5. The molecule has 0 aliphatic heterocycles. The van der Waals surface area contributed by atoms with Gasteiger partial charge in [-0.25, -0.2) is 0 Å². The number of nitrogens with one attached hydrogen (secondary N) is 1. The van der Waals surface area contributed by atoms with Crippen molar-refractivity contribution in [1.82, 2.24) is 5.32 Å². The summed E-state index contributed by atoms with van der Waals surface area (Å²) in [4.78, 5) is 1.34. The van der Waals surface area contributed by atoms with Gasteiger partial charge < -0.3 is 5.32 Å². The van der Waals surface area contributed by atoms with Crippen LogP contribution in [0.3, 0.4) is 0 Å². The van der Waals surface area contributed by atoms with Crippen LogP contribution in [0.25, 0.3) is 0 Å². The highest BCUT2D eigenvalue weighted by Crippen LogP contribution is 2.24. The fourth-order valence-corrected chi connectivity index (χ4v) is 3.12. The molecule has 0 amide bonds.